The van der Waals surface area contributed by atoms with Crippen LogP contribution in [0.3, 0.4) is 0 Å². The molecule has 20 heavy (non-hydrogen) atoms. The minimum atomic E-state index is -0.496. The third kappa shape index (κ3) is 2.07. The average Bonchev–Trinajstić information content (AvgIpc) is 2.48. The molecule has 3 aromatic rings. The van der Waals surface area contributed by atoms with Crippen LogP contribution in [0.5, 0.6) is 0 Å². The summed E-state index contributed by atoms with van der Waals surface area (Å²) in [5.41, 5.74) is 0.748. The zero-order valence-electron chi connectivity index (χ0n) is 10.1. The number of nitrogens with zero attached hydrogens (tertiary/aromatic N) is 2. The molecule has 0 atom stereocenters. The van der Waals surface area contributed by atoms with Crippen LogP contribution in [0, 0.1) is 10.7 Å². The Labute approximate surface area is 112 Å². The second-order valence-corrected chi connectivity index (χ2v) is 4.22. The summed E-state index contributed by atoms with van der Waals surface area (Å²) < 4.78 is 13.1. The molecule has 1 N–H and O–H groups in total. The third-order valence-corrected chi connectivity index (χ3v) is 2.89. The highest BCUT2D eigenvalue weighted by Gasteiger charge is 2.07. The summed E-state index contributed by atoms with van der Waals surface area (Å²) in [7, 11) is 0. The van der Waals surface area contributed by atoms with E-state index >= 15 is 0 Å². The van der Waals surface area contributed by atoms with Gasteiger partial charge < -0.3 is 4.98 Å². The summed E-state index contributed by atoms with van der Waals surface area (Å²) in [4.78, 5) is 29.3. The van der Waals surface area contributed by atoms with Gasteiger partial charge in [0.15, 0.2) is 0 Å². The molecular weight excluding hydrogens is 261 g/mol. The van der Waals surface area contributed by atoms with Gasteiger partial charge in [-0.1, -0.05) is 12.1 Å². The Kier molecular flexibility index (Phi) is 2.83. The molecule has 0 spiro atoms. The third-order valence-electron chi connectivity index (χ3n) is 2.89. The summed E-state index contributed by atoms with van der Waals surface area (Å²) in [6.45, 7) is 0. The highest BCUT2D eigenvalue weighted by atomic mass is 19.1. The lowest BCUT2D eigenvalue weighted by Crippen LogP contribution is -2.09. The van der Waals surface area contributed by atoms with Gasteiger partial charge in [0.2, 0.25) is 0 Å². The van der Waals surface area contributed by atoms with E-state index in [9.17, 15) is 14.1 Å². The van der Waals surface area contributed by atoms with Crippen LogP contribution in [-0.4, -0.2) is 9.97 Å². The largest absolute Gasteiger partial charge is 0.306 e. The SMILES string of the molecule is O=Nc1cccc(-c2nc3ccc(F)cc3c(=O)[nH]2)c1. The molecule has 1 heterocycles. The van der Waals surface area contributed by atoms with Crippen LogP contribution in [0.2, 0.25) is 0 Å². The molecule has 6 heteroatoms. The Morgan fingerprint density at radius 3 is 2.80 bits per heavy atom. The van der Waals surface area contributed by atoms with Crippen LogP contribution < -0.4 is 5.56 Å². The molecular formula is C14H8FN3O2. The second-order valence-electron chi connectivity index (χ2n) is 4.22. The molecule has 98 valence electrons. The van der Waals surface area contributed by atoms with E-state index in [0.717, 1.165) is 6.07 Å². The van der Waals surface area contributed by atoms with E-state index in [1.54, 1.807) is 18.2 Å². The maximum absolute atomic E-state index is 13.1. The minimum Gasteiger partial charge on any atom is -0.306 e. The number of rotatable bonds is 2. The fraction of sp³-hybridized carbons (Fsp3) is 0. The van der Waals surface area contributed by atoms with E-state index in [0.29, 0.717) is 16.9 Å². The van der Waals surface area contributed by atoms with Gasteiger partial charge in [0, 0.05) is 5.56 Å². The number of nitroso groups, excluding NO2 is 1. The molecule has 0 amide bonds. The van der Waals surface area contributed by atoms with Gasteiger partial charge in [-0.05, 0) is 35.5 Å². The highest BCUT2D eigenvalue weighted by molar-refractivity contribution is 5.79. The quantitative estimate of drug-likeness (QED) is 0.726. The number of halogens is 1. The molecule has 2 aromatic carbocycles. The van der Waals surface area contributed by atoms with Gasteiger partial charge in [-0.3, -0.25) is 4.79 Å². The number of aromatic nitrogens is 2. The molecule has 1 aromatic heterocycles. The molecule has 0 aliphatic rings. The van der Waals surface area contributed by atoms with E-state index in [1.807, 2.05) is 0 Å². The van der Waals surface area contributed by atoms with Crippen LogP contribution in [0.4, 0.5) is 10.1 Å². The molecule has 5 nitrogen and oxygen atoms in total. The zero-order valence-corrected chi connectivity index (χ0v) is 10.1. The van der Waals surface area contributed by atoms with Crippen molar-refractivity contribution in [2.75, 3.05) is 0 Å². The smallest absolute Gasteiger partial charge is 0.259 e. The lowest BCUT2D eigenvalue weighted by molar-refractivity contribution is 0.629. The van der Waals surface area contributed by atoms with Gasteiger partial charge in [-0.25, -0.2) is 9.37 Å². The van der Waals surface area contributed by atoms with Crippen molar-refractivity contribution in [2.24, 2.45) is 5.18 Å². The molecule has 0 unspecified atom stereocenters. The molecule has 0 saturated carbocycles. The maximum atomic E-state index is 13.1. The highest BCUT2D eigenvalue weighted by Crippen LogP contribution is 2.21. The van der Waals surface area contributed by atoms with Crippen molar-refractivity contribution in [1.29, 1.82) is 0 Å². The summed E-state index contributed by atoms with van der Waals surface area (Å²) >= 11 is 0. The first kappa shape index (κ1) is 12.2. The van der Waals surface area contributed by atoms with Crippen molar-refractivity contribution in [1.82, 2.24) is 9.97 Å². The van der Waals surface area contributed by atoms with Gasteiger partial charge in [-0.2, -0.15) is 0 Å². The number of hydrogen-bond acceptors (Lipinski definition) is 4. The summed E-state index contributed by atoms with van der Waals surface area (Å²) in [5.74, 6) is -0.190. The van der Waals surface area contributed by atoms with Crippen LogP contribution in [0.15, 0.2) is 52.4 Å². The fourth-order valence-corrected chi connectivity index (χ4v) is 1.96. The fourth-order valence-electron chi connectivity index (χ4n) is 1.96. The normalized spacial score (nSPS) is 10.7. The van der Waals surface area contributed by atoms with Crippen LogP contribution in [-0.2, 0) is 0 Å². The second kappa shape index (κ2) is 4.65. The lowest BCUT2D eigenvalue weighted by Gasteiger charge is -2.03. The van der Waals surface area contributed by atoms with Gasteiger partial charge in [0.1, 0.15) is 17.3 Å². The molecule has 0 bridgehead atoms. The van der Waals surface area contributed by atoms with Crippen molar-refractivity contribution in [3.8, 4) is 11.4 Å². The van der Waals surface area contributed by atoms with Gasteiger partial charge >= 0.3 is 0 Å². The first-order valence-electron chi connectivity index (χ1n) is 5.81. The van der Waals surface area contributed by atoms with E-state index in [1.165, 1.54) is 18.2 Å². The van der Waals surface area contributed by atoms with E-state index in [2.05, 4.69) is 15.1 Å². The van der Waals surface area contributed by atoms with E-state index < -0.39 is 11.4 Å². The Morgan fingerprint density at radius 2 is 2.00 bits per heavy atom. The zero-order chi connectivity index (χ0) is 14.1. The van der Waals surface area contributed by atoms with Crippen LogP contribution >= 0.6 is 0 Å². The monoisotopic (exact) mass is 269 g/mol. The molecule has 0 fully saturated rings. The first-order chi connectivity index (χ1) is 9.67. The van der Waals surface area contributed by atoms with Crippen molar-refractivity contribution >= 4 is 16.6 Å². The van der Waals surface area contributed by atoms with Gasteiger partial charge in [0.05, 0.1) is 10.9 Å². The molecule has 0 aliphatic carbocycles. The van der Waals surface area contributed by atoms with Crippen molar-refractivity contribution < 1.29 is 4.39 Å². The topological polar surface area (TPSA) is 75.2 Å². The average molecular weight is 269 g/mol. The van der Waals surface area contributed by atoms with Crippen LogP contribution in [0.25, 0.3) is 22.3 Å². The molecule has 0 radical (unpaired) electrons. The Bertz CT molecular complexity index is 874. The van der Waals surface area contributed by atoms with Crippen molar-refractivity contribution in [3.05, 3.63) is 63.5 Å². The molecule has 0 saturated heterocycles. The molecule has 0 aliphatic heterocycles. The predicted octanol–water partition coefficient (Wildman–Crippen LogP) is 3.13. The number of benzene rings is 2. The first-order valence-corrected chi connectivity index (χ1v) is 5.81. The number of aromatic amines is 1. The number of fused-ring (bicyclic) bond motifs is 1. The van der Waals surface area contributed by atoms with E-state index in [-0.39, 0.29) is 11.1 Å². The number of H-pyrrole nitrogens is 1. The van der Waals surface area contributed by atoms with Gasteiger partial charge in [0.25, 0.3) is 5.56 Å². The standard InChI is InChI=1S/C14H8FN3O2/c15-9-4-5-12-11(7-9)14(19)17-13(16-12)8-2-1-3-10(6-8)18-20/h1-7H,(H,16,17,19). The van der Waals surface area contributed by atoms with Crippen molar-refractivity contribution in [2.45, 2.75) is 0 Å². The minimum absolute atomic E-state index is 0.179. The Hall–Kier alpha value is -2.89. The maximum Gasteiger partial charge on any atom is 0.259 e. The number of nitrogens with one attached hydrogen (secondary N) is 1. The van der Waals surface area contributed by atoms with Gasteiger partial charge in [-0.15, -0.1) is 4.91 Å². The Morgan fingerprint density at radius 1 is 1.15 bits per heavy atom. The summed E-state index contributed by atoms with van der Waals surface area (Å²) in [6, 6.07) is 10.2. The van der Waals surface area contributed by atoms with E-state index in [4.69, 9.17) is 0 Å². The van der Waals surface area contributed by atoms with Crippen LogP contribution in [0.1, 0.15) is 0 Å². The van der Waals surface area contributed by atoms with Crippen molar-refractivity contribution in [3.63, 3.8) is 0 Å². The molecule has 3 rings (SSSR count). The lowest BCUT2D eigenvalue weighted by atomic mass is 10.1. The Balaban J connectivity index is 2.24. The predicted molar refractivity (Wildman–Crippen MR) is 73.2 cm³/mol. The number of hydrogen-bond donors (Lipinski definition) is 1. The summed E-state index contributed by atoms with van der Waals surface area (Å²) in [6.07, 6.45) is 0. The summed E-state index contributed by atoms with van der Waals surface area (Å²) in [5, 5.41) is 3.01.